The molecule has 0 spiro atoms. The highest BCUT2D eigenvalue weighted by Gasteiger charge is 2.17. The van der Waals surface area contributed by atoms with Gasteiger partial charge in [-0.05, 0) is 37.5 Å². The molecule has 0 saturated carbocycles. The van der Waals surface area contributed by atoms with Crippen molar-refractivity contribution >= 4 is 5.69 Å². The number of benzene rings is 1. The molecule has 1 saturated heterocycles. The molecule has 2 aromatic rings. The monoisotopic (exact) mass is 261 g/mol. The summed E-state index contributed by atoms with van der Waals surface area (Å²) in [7, 11) is 0. The first-order chi connectivity index (χ1) is 9.24. The third-order valence-corrected chi connectivity index (χ3v) is 3.38. The molecule has 5 heteroatoms. The summed E-state index contributed by atoms with van der Waals surface area (Å²) in [5, 5.41) is 4.30. The summed E-state index contributed by atoms with van der Waals surface area (Å²) in [4.78, 5) is 0. The Bertz CT molecular complexity index is 576. The van der Waals surface area contributed by atoms with Gasteiger partial charge >= 0.3 is 0 Å². The van der Waals surface area contributed by atoms with E-state index in [2.05, 4.69) is 5.10 Å². The Kier molecular flexibility index (Phi) is 3.21. The van der Waals surface area contributed by atoms with E-state index < -0.39 is 0 Å². The van der Waals surface area contributed by atoms with Gasteiger partial charge in [0.15, 0.2) is 0 Å². The van der Waals surface area contributed by atoms with E-state index >= 15 is 0 Å². The van der Waals surface area contributed by atoms with Gasteiger partial charge in [0.1, 0.15) is 12.0 Å². The highest BCUT2D eigenvalue weighted by atomic mass is 19.1. The second-order valence-corrected chi connectivity index (χ2v) is 4.76. The van der Waals surface area contributed by atoms with Crippen molar-refractivity contribution in [2.45, 2.75) is 25.5 Å². The van der Waals surface area contributed by atoms with Crippen LogP contribution in [0, 0.1) is 5.82 Å². The van der Waals surface area contributed by atoms with Crippen LogP contribution in [0.5, 0.6) is 0 Å². The standard InChI is InChI=1S/C14H16FN3O/c15-11-4-5-13(16)12(7-11)10-8-17-18(9-10)14-3-1-2-6-19-14/h4-5,7-9,14H,1-3,6,16H2. The zero-order chi connectivity index (χ0) is 13.2. The smallest absolute Gasteiger partial charge is 0.150 e. The lowest BCUT2D eigenvalue weighted by molar-refractivity contribution is -0.0394. The fourth-order valence-electron chi connectivity index (χ4n) is 2.35. The van der Waals surface area contributed by atoms with E-state index in [1.807, 2.05) is 6.20 Å². The molecule has 1 aromatic carbocycles. The van der Waals surface area contributed by atoms with Crippen molar-refractivity contribution in [1.82, 2.24) is 9.78 Å². The van der Waals surface area contributed by atoms with Gasteiger partial charge in [0.25, 0.3) is 0 Å². The van der Waals surface area contributed by atoms with Crippen LogP contribution in [0.25, 0.3) is 11.1 Å². The molecule has 3 rings (SSSR count). The summed E-state index contributed by atoms with van der Waals surface area (Å²) in [5.41, 5.74) is 7.90. The molecule has 2 heterocycles. The lowest BCUT2D eigenvalue weighted by Gasteiger charge is -2.22. The molecule has 0 amide bonds. The first-order valence-electron chi connectivity index (χ1n) is 6.45. The highest BCUT2D eigenvalue weighted by molar-refractivity contribution is 5.75. The Morgan fingerprint density at radius 2 is 2.26 bits per heavy atom. The van der Waals surface area contributed by atoms with Crippen molar-refractivity contribution < 1.29 is 9.13 Å². The maximum Gasteiger partial charge on any atom is 0.150 e. The largest absolute Gasteiger partial charge is 0.398 e. The Labute approximate surface area is 111 Å². The van der Waals surface area contributed by atoms with E-state index in [-0.39, 0.29) is 12.0 Å². The molecule has 1 atom stereocenters. The minimum Gasteiger partial charge on any atom is -0.398 e. The second kappa shape index (κ2) is 5.01. The topological polar surface area (TPSA) is 53.1 Å². The molecule has 1 fully saturated rings. The average Bonchev–Trinajstić information content (AvgIpc) is 2.92. The van der Waals surface area contributed by atoms with E-state index in [1.54, 1.807) is 16.9 Å². The van der Waals surface area contributed by atoms with Crippen LogP contribution in [0.1, 0.15) is 25.5 Å². The fourth-order valence-corrected chi connectivity index (χ4v) is 2.35. The highest BCUT2D eigenvalue weighted by Crippen LogP contribution is 2.28. The third kappa shape index (κ3) is 2.46. The molecule has 19 heavy (non-hydrogen) atoms. The zero-order valence-electron chi connectivity index (χ0n) is 10.6. The van der Waals surface area contributed by atoms with Crippen LogP contribution in [0.2, 0.25) is 0 Å². The number of ether oxygens (including phenoxy) is 1. The summed E-state index contributed by atoms with van der Waals surface area (Å²) in [6.45, 7) is 0.766. The summed E-state index contributed by atoms with van der Waals surface area (Å²) in [6.07, 6.45) is 6.74. The van der Waals surface area contributed by atoms with Crippen LogP contribution in [0.4, 0.5) is 10.1 Å². The molecule has 0 radical (unpaired) electrons. The number of halogens is 1. The SMILES string of the molecule is Nc1ccc(F)cc1-c1cnn(C2CCCCO2)c1. The van der Waals surface area contributed by atoms with Gasteiger partial charge in [-0.1, -0.05) is 0 Å². The van der Waals surface area contributed by atoms with Crippen LogP contribution < -0.4 is 5.73 Å². The van der Waals surface area contributed by atoms with Gasteiger partial charge in [-0.3, -0.25) is 0 Å². The molecule has 1 aromatic heterocycles. The van der Waals surface area contributed by atoms with E-state index in [4.69, 9.17) is 10.5 Å². The van der Waals surface area contributed by atoms with Gasteiger partial charge < -0.3 is 10.5 Å². The van der Waals surface area contributed by atoms with Gasteiger partial charge in [0.05, 0.1) is 6.20 Å². The van der Waals surface area contributed by atoms with Gasteiger partial charge in [0.2, 0.25) is 0 Å². The lowest BCUT2D eigenvalue weighted by atomic mass is 10.1. The first-order valence-corrected chi connectivity index (χ1v) is 6.45. The molecule has 1 unspecified atom stereocenters. The molecular weight excluding hydrogens is 245 g/mol. The van der Waals surface area contributed by atoms with Crippen molar-refractivity contribution in [3.05, 3.63) is 36.4 Å². The quantitative estimate of drug-likeness (QED) is 0.845. The minimum absolute atomic E-state index is 0.0164. The Morgan fingerprint density at radius 1 is 1.37 bits per heavy atom. The average molecular weight is 261 g/mol. The Morgan fingerprint density at radius 3 is 3.05 bits per heavy atom. The molecule has 0 aliphatic carbocycles. The lowest BCUT2D eigenvalue weighted by Crippen LogP contribution is -2.18. The zero-order valence-corrected chi connectivity index (χ0v) is 10.6. The van der Waals surface area contributed by atoms with Crippen LogP contribution in [0.3, 0.4) is 0 Å². The van der Waals surface area contributed by atoms with Gasteiger partial charge in [-0.25, -0.2) is 9.07 Å². The number of nitrogens with two attached hydrogens (primary N) is 1. The summed E-state index contributed by atoms with van der Waals surface area (Å²) in [6, 6.07) is 4.35. The predicted octanol–water partition coefficient (Wildman–Crippen LogP) is 2.97. The number of anilines is 1. The molecular formula is C14H16FN3O. The summed E-state index contributed by atoms with van der Waals surface area (Å²) in [5.74, 6) is -0.300. The summed E-state index contributed by atoms with van der Waals surface area (Å²) >= 11 is 0. The molecule has 100 valence electrons. The number of aromatic nitrogens is 2. The molecule has 0 bridgehead atoms. The van der Waals surface area contributed by atoms with Crippen molar-refractivity contribution in [1.29, 1.82) is 0 Å². The van der Waals surface area contributed by atoms with Crippen molar-refractivity contribution in [2.75, 3.05) is 12.3 Å². The van der Waals surface area contributed by atoms with Crippen LogP contribution >= 0.6 is 0 Å². The molecule has 2 N–H and O–H groups in total. The van der Waals surface area contributed by atoms with Gasteiger partial charge in [-0.15, -0.1) is 0 Å². The number of nitrogens with zero attached hydrogens (tertiary/aromatic N) is 2. The fraction of sp³-hybridized carbons (Fsp3) is 0.357. The van der Waals surface area contributed by atoms with E-state index in [0.29, 0.717) is 11.3 Å². The van der Waals surface area contributed by atoms with E-state index in [0.717, 1.165) is 31.4 Å². The second-order valence-electron chi connectivity index (χ2n) is 4.76. The minimum atomic E-state index is -0.300. The maximum atomic E-state index is 13.3. The predicted molar refractivity (Wildman–Crippen MR) is 70.9 cm³/mol. The Balaban J connectivity index is 1.89. The number of rotatable bonds is 2. The molecule has 1 aliphatic heterocycles. The van der Waals surface area contributed by atoms with Crippen molar-refractivity contribution in [2.24, 2.45) is 0 Å². The normalized spacial score (nSPS) is 19.5. The summed E-state index contributed by atoms with van der Waals surface area (Å²) < 4.78 is 20.7. The Hall–Kier alpha value is -1.88. The van der Waals surface area contributed by atoms with Crippen molar-refractivity contribution in [3.8, 4) is 11.1 Å². The van der Waals surface area contributed by atoms with Gasteiger partial charge in [-0.2, -0.15) is 5.10 Å². The maximum absolute atomic E-state index is 13.3. The molecule has 4 nitrogen and oxygen atoms in total. The first kappa shape index (κ1) is 12.2. The van der Waals surface area contributed by atoms with E-state index in [1.165, 1.54) is 12.1 Å². The van der Waals surface area contributed by atoms with Crippen molar-refractivity contribution in [3.63, 3.8) is 0 Å². The third-order valence-electron chi connectivity index (χ3n) is 3.38. The molecule has 1 aliphatic rings. The van der Waals surface area contributed by atoms with E-state index in [9.17, 15) is 4.39 Å². The van der Waals surface area contributed by atoms with Crippen LogP contribution in [-0.2, 0) is 4.74 Å². The van der Waals surface area contributed by atoms with Gasteiger partial charge in [0, 0.05) is 29.6 Å². The number of nitrogen functional groups attached to an aromatic ring is 1. The van der Waals surface area contributed by atoms with Crippen LogP contribution in [0.15, 0.2) is 30.6 Å². The number of hydrogen-bond acceptors (Lipinski definition) is 3. The number of hydrogen-bond donors (Lipinski definition) is 1. The van der Waals surface area contributed by atoms with Crippen LogP contribution in [-0.4, -0.2) is 16.4 Å².